The van der Waals surface area contributed by atoms with Gasteiger partial charge in [0.2, 0.25) is 0 Å². The summed E-state index contributed by atoms with van der Waals surface area (Å²) in [5.74, 6) is -1.48. The highest BCUT2D eigenvalue weighted by atomic mass is 16.7. The molecule has 0 aliphatic carbocycles. The third-order valence-corrected chi connectivity index (χ3v) is 10.7. The van der Waals surface area contributed by atoms with Crippen LogP contribution in [-0.2, 0) is 38.1 Å². The lowest BCUT2D eigenvalue weighted by atomic mass is 10.1. The fourth-order valence-corrected chi connectivity index (χ4v) is 6.88. The molecule has 1 aliphatic heterocycles. The Morgan fingerprint density at radius 2 is 1.05 bits per heavy atom. The molecule has 9 nitrogen and oxygen atoms in total. The molecule has 332 valence electrons. The summed E-state index contributed by atoms with van der Waals surface area (Å²) < 4.78 is 29.1. The van der Waals surface area contributed by atoms with Gasteiger partial charge < -0.3 is 28.6 Å². The Hall–Kier alpha value is -2.23. The SMILES string of the molecule is CCCCCC=CCC=CCCCCCCCC(=O)OCC(COC(=O)CCC(OCCCCCCCC)OCCCCCCCC)COC(=O)C1CCN(C)C1. The minimum absolute atomic E-state index is 0.00948. The van der Waals surface area contributed by atoms with Crippen molar-refractivity contribution in [3.05, 3.63) is 24.3 Å². The van der Waals surface area contributed by atoms with Gasteiger partial charge in [0, 0.05) is 32.6 Å². The molecule has 1 aliphatic rings. The molecule has 1 rings (SSSR count). The van der Waals surface area contributed by atoms with Crippen molar-refractivity contribution in [2.45, 2.75) is 200 Å². The molecule has 57 heavy (non-hydrogen) atoms. The zero-order chi connectivity index (χ0) is 41.4. The molecule has 0 amide bonds. The molecular weight excluding hydrogens is 719 g/mol. The van der Waals surface area contributed by atoms with E-state index in [4.69, 9.17) is 23.7 Å². The number of hydrogen-bond donors (Lipinski definition) is 0. The van der Waals surface area contributed by atoms with Crippen LogP contribution in [0.4, 0.5) is 0 Å². The predicted molar refractivity (Wildman–Crippen MR) is 233 cm³/mol. The average molecular weight is 806 g/mol. The molecule has 0 N–H and O–H groups in total. The first-order chi connectivity index (χ1) is 27.9. The zero-order valence-electron chi connectivity index (χ0n) is 37.3. The van der Waals surface area contributed by atoms with Gasteiger partial charge in [0.05, 0.1) is 18.3 Å². The highest BCUT2D eigenvalue weighted by Crippen LogP contribution is 2.18. The van der Waals surface area contributed by atoms with E-state index >= 15 is 0 Å². The van der Waals surface area contributed by atoms with Crippen molar-refractivity contribution in [2.24, 2.45) is 11.8 Å². The maximum atomic E-state index is 12.9. The van der Waals surface area contributed by atoms with E-state index in [1.807, 2.05) is 7.05 Å². The largest absolute Gasteiger partial charge is 0.465 e. The highest BCUT2D eigenvalue weighted by molar-refractivity contribution is 5.73. The quantitative estimate of drug-likeness (QED) is 0.0197. The molecule has 0 bridgehead atoms. The molecule has 0 radical (unpaired) electrons. The summed E-state index contributed by atoms with van der Waals surface area (Å²) in [5, 5.41) is 0. The lowest BCUT2D eigenvalue weighted by molar-refractivity contribution is -0.162. The fraction of sp³-hybridized carbons (Fsp3) is 0.854. The van der Waals surface area contributed by atoms with Crippen molar-refractivity contribution in [1.82, 2.24) is 4.90 Å². The van der Waals surface area contributed by atoms with E-state index in [1.165, 1.54) is 77.0 Å². The van der Waals surface area contributed by atoms with Crippen molar-refractivity contribution in [1.29, 1.82) is 0 Å². The molecule has 0 aromatic carbocycles. The molecular formula is C48H87NO8. The van der Waals surface area contributed by atoms with Gasteiger partial charge in [0.15, 0.2) is 6.29 Å². The molecule has 1 fully saturated rings. The van der Waals surface area contributed by atoms with Gasteiger partial charge in [0.25, 0.3) is 0 Å². The van der Waals surface area contributed by atoms with Crippen LogP contribution < -0.4 is 0 Å². The maximum absolute atomic E-state index is 12.9. The lowest BCUT2D eigenvalue weighted by Crippen LogP contribution is -2.29. The third kappa shape index (κ3) is 33.3. The summed E-state index contributed by atoms with van der Waals surface area (Å²) in [5.41, 5.74) is 0. The van der Waals surface area contributed by atoms with Crippen LogP contribution >= 0.6 is 0 Å². The van der Waals surface area contributed by atoms with E-state index in [1.54, 1.807) is 0 Å². The van der Waals surface area contributed by atoms with Crippen molar-refractivity contribution in [3.8, 4) is 0 Å². The minimum atomic E-state index is -0.444. The first-order valence-corrected chi connectivity index (χ1v) is 23.6. The number of likely N-dealkylation sites (tertiary alicyclic amines) is 1. The summed E-state index contributed by atoms with van der Waals surface area (Å²) >= 11 is 0. The topological polar surface area (TPSA) is 101 Å². The summed E-state index contributed by atoms with van der Waals surface area (Å²) in [6.07, 6.45) is 36.9. The lowest BCUT2D eigenvalue weighted by Gasteiger charge is -2.20. The number of nitrogens with zero attached hydrogens (tertiary/aromatic N) is 1. The van der Waals surface area contributed by atoms with Crippen LogP contribution in [0.15, 0.2) is 24.3 Å². The van der Waals surface area contributed by atoms with E-state index in [0.29, 0.717) is 32.6 Å². The first kappa shape index (κ1) is 52.8. The third-order valence-electron chi connectivity index (χ3n) is 10.7. The second-order valence-electron chi connectivity index (χ2n) is 16.3. The standard InChI is InChI=1S/C48H87NO8/c1-5-8-11-14-17-18-19-20-21-22-23-24-25-26-29-32-45(50)55-40-43(42-57-48(52)44-35-36-49(4)39-44)41-56-46(51)33-34-47(53-37-30-27-15-12-9-6-2)54-38-31-28-16-13-10-7-3/h17-18,20-21,43-44,47H,5-16,19,22-42H2,1-4H3. The second-order valence-corrected chi connectivity index (χ2v) is 16.3. The van der Waals surface area contributed by atoms with Crippen LogP contribution in [-0.4, -0.2) is 82.3 Å². The number of carbonyl (C=O) groups is 3. The number of hydrogen-bond acceptors (Lipinski definition) is 9. The molecule has 0 saturated carbocycles. The van der Waals surface area contributed by atoms with Crippen LogP contribution in [0.25, 0.3) is 0 Å². The molecule has 1 heterocycles. The van der Waals surface area contributed by atoms with Crippen LogP contribution in [0.3, 0.4) is 0 Å². The summed E-state index contributed by atoms with van der Waals surface area (Å²) in [4.78, 5) is 40.5. The molecule has 1 saturated heterocycles. The van der Waals surface area contributed by atoms with Gasteiger partial charge in [0.1, 0.15) is 19.8 Å². The van der Waals surface area contributed by atoms with Crippen molar-refractivity contribution < 1.29 is 38.1 Å². The summed E-state index contributed by atoms with van der Waals surface area (Å²) in [7, 11) is 1.99. The van der Waals surface area contributed by atoms with Gasteiger partial charge in [-0.3, -0.25) is 14.4 Å². The number of esters is 3. The van der Waals surface area contributed by atoms with E-state index < -0.39 is 12.2 Å². The number of unbranched alkanes of at least 4 members (excludes halogenated alkanes) is 18. The summed E-state index contributed by atoms with van der Waals surface area (Å²) in [6.45, 7) is 9.53. The average Bonchev–Trinajstić information content (AvgIpc) is 3.66. The molecule has 0 spiro atoms. The Labute approximate surface area is 349 Å². The molecule has 2 atom stereocenters. The minimum Gasteiger partial charge on any atom is -0.465 e. The second kappa shape index (κ2) is 39.2. The Bertz CT molecular complexity index is 998. The van der Waals surface area contributed by atoms with E-state index in [0.717, 1.165) is 83.6 Å². The van der Waals surface area contributed by atoms with E-state index in [9.17, 15) is 14.4 Å². The number of rotatable bonds is 40. The Balaban J connectivity index is 2.47. The molecule has 2 unspecified atom stereocenters. The Morgan fingerprint density at radius 3 is 1.61 bits per heavy atom. The summed E-state index contributed by atoms with van der Waals surface area (Å²) in [6, 6.07) is 0. The van der Waals surface area contributed by atoms with Crippen LogP contribution in [0.2, 0.25) is 0 Å². The molecule has 0 aromatic rings. The monoisotopic (exact) mass is 806 g/mol. The molecule has 0 aromatic heterocycles. The van der Waals surface area contributed by atoms with Gasteiger partial charge in [-0.2, -0.15) is 0 Å². The van der Waals surface area contributed by atoms with Crippen molar-refractivity contribution in [3.63, 3.8) is 0 Å². The first-order valence-electron chi connectivity index (χ1n) is 23.6. The smallest absolute Gasteiger partial charge is 0.310 e. The number of allylic oxidation sites excluding steroid dienone is 4. The zero-order valence-corrected chi connectivity index (χ0v) is 37.3. The Morgan fingerprint density at radius 1 is 0.579 bits per heavy atom. The normalized spacial score (nSPS) is 15.3. The van der Waals surface area contributed by atoms with Crippen LogP contribution in [0, 0.1) is 11.8 Å². The van der Waals surface area contributed by atoms with Crippen molar-refractivity contribution >= 4 is 17.9 Å². The van der Waals surface area contributed by atoms with Gasteiger partial charge >= 0.3 is 17.9 Å². The van der Waals surface area contributed by atoms with Crippen LogP contribution in [0.5, 0.6) is 0 Å². The van der Waals surface area contributed by atoms with Gasteiger partial charge in [-0.05, 0) is 71.4 Å². The fourth-order valence-electron chi connectivity index (χ4n) is 6.88. The van der Waals surface area contributed by atoms with Gasteiger partial charge in [-0.25, -0.2) is 0 Å². The van der Waals surface area contributed by atoms with E-state index in [2.05, 4.69) is 50.0 Å². The number of ether oxygens (including phenoxy) is 5. The van der Waals surface area contributed by atoms with Gasteiger partial charge in [-0.15, -0.1) is 0 Å². The predicted octanol–water partition coefficient (Wildman–Crippen LogP) is 11.9. The van der Waals surface area contributed by atoms with Gasteiger partial charge in [-0.1, -0.05) is 141 Å². The molecule has 9 heteroatoms. The van der Waals surface area contributed by atoms with Crippen molar-refractivity contribution in [2.75, 3.05) is 53.2 Å². The number of carbonyl (C=O) groups excluding carboxylic acids is 3. The Kier molecular flexibility index (Phi) is 36.3. The highest BCUT2D eigenvalue weighted by Gasteiger charge is 2.28. The maximum Gasteiger partial charge on any atom is 0.310 e. The van der Waals surface area contributed by atoms with E-state index in [-0.39, 0.29) is 50.1 Å². The van der Waals surface area contributed by atoms with Crippen LogP contribution in [0.1, 0.15) is 194 Å².